The van der Waals surface area contributed by atoms with Crippen LogP contribution in [0.3, 0.4) is 0 Å². The van der Waals surface area contributed by atoms with E-state index in [1.807, 2.05) is 0 Å². The summed E-state index contributed by atoms with van der Waals surface area (Å²) in [4.78, 5) is 0. The normalized spacial score (nSPS) is 13.4. The number of hydrogen-bond donors (Lipinski definition) is 0. The molecule has 3 aromatic rings. The summed E-state index contributed by atoms with van der Waals surface area (Å²) in [5, 5.41) is 1.41. The molecule has 2 aromatic carbocycles. The van der Waals surface area contributed by atoms with Gasteiger partial charge in [0.05, 0.1) is 5.52 Å². The lowest BCUT2D eigenvalue weighted by atomic mass is 10.0. The molecule has 1 aromatic heterocycles. The van der Waals surface area contributed by atoms with Crippen LogP contribution in [-0.2, 0) is 12.8 Å². The molecule has 0 unspecified atom stereocenters. The lowest BCUT2D eigenvalue weighted by molar-refractivity contribution is 0.967. The van der Waals surface area contributed by atoms with Crippen LogP contribution in [-0.4, -0.2) is 4.57 Å². The van der Waals surface area contributed by atoms with Gasteiger partial charge in [0.2, 0.25) is 0 Å². The smallest absolute Gasteiger partial charge is 0.0566 e. The first-order valence-corrected chi connectivity index (χ1v) is 6.95. The van der Waals surface area contributed by atoms with E-state index in [9.17, 15) is 0 Å². The predicted octanol–water partition coefficient (Wildman–Crippen LogP) is 4.35. The molecule has 2 heterocycles. The van der Waals surface area contributed by atoms with Gasteiger partial charge in [-0.3, -0.25) is 0 Å². The highest BCUT2D eigenvalue weighted by atomic mass is 15.0. The van der Waals surface area contributed by atoms with Gasteiger partial charge in [-0.05, 0) is 49.4 Å². The Morgan fingerprint density at radius 3 is 2.47 bits per heavy atom. The van der Waals surface area contributed by atoms with Crippen LogP contribution >= 0.6 is 0 Å². The first-order valence-electron chi connectivity index (χ1n) is 6.95. The molecule has 0 saturated carbocycles. The average Bonchev–Trinajstić information content (AvgIpc) is 2.62. The fourth-order valence-electron chi connectivity index (χ4n) is 3.40. The van der Waals surface area contributed by atoms with Crippen LogP contribution in [0, 0.1) is 13.8 Å². The van der Waals surface area contributed by atoms with E-state index in [0.29, 0.717) is 0 Å². The van der Waals surface area contributed by atoms with Gasteiger partial charge in [-0.15, -0.1) is 0 Å². The van der Waals surface area contributed by atoms with Crippen molar-refractivity contribution in [2.24, 2.45) is 0 Å². The minimum absolute atomic E-state index is 1.13. The van der Waals surface area contributed by atoms with Crippen molar-refractivity contribution in [1.82, 2.24) is 4.57 Å². The number of nitrogens with zero attached hydrogens (tertiary/aromatic N) is 1. The molecule has 0 radical (unpaired) electrons. The van der Waals surface area contributed by atoms with Gasteiger partial charge in [0.15, 0.2) is 0 Å². The van der Waals surface area contributed by atoms with Crippen molar-refractivity contribution in [2.45, 2.75) is 26.7 Å². The molecule has 0 bridgehead atoms. The molecule has 1 aliphatic rings. The van der Waals surface area contributed by atoms with Gasteiger partial charge in [0, 0.05) is 16.8 Å². The number of fused-ring (bicyclic) bond motifs is 2. The molecule has 1 nitrogen and oxygen atoms in total. The highest BCUT2D eigenvalue weighted by molar-refractivity contribution is 5.90. The quantitative estimate of drug-likeness (QED) is 0.556. The molecule has 0 N–H and O–H groups in total. The molecule has 0 saturated heterocycles. The third-order valence-electron chi connectivity index (χ3n) is 4.52. The lowest BCUT2D eigenvalue weighted by Gasteiger charge is -2.11. The topological polar surface area (TPSA) is 4.93 Å². The van der Waals surface area contributed by atoms with Gasteiger partial charge in [0.25, 0.3) is 0 Å². The maximum atomic E-state index is 2.46. The van der Waals surface area contributed by atoms with E-state index >= 15 is 0 Å². The second kappa shape index (κ2) is 3.74. The van der Waals surface area contributed by atoms with Gasteiger partial charge < -0.3 is 4.57 Å². The van der Waals surface area contributed by atoms with Gasteiger partial charge in [-0.1, -0.05) is 36.4 Å². The van der Waals surface area contributed by atoms with E-state index < -0.39 is 0 Å². The Hall–Kier alpha value is -2.02. The molecule has 0 aliphatic carbocycles. The molecular weight excluding hydrogens is 230 g/mol. The molecule has 19 heavy (non-hydrogen) atoms. The van der Waals surface area contributed by atoms with Crippen LogP contribution in [0.5, 0.6) is 0 Å². The number of para-hydroxylation sites is 2. The molecule has 0 amide bonds. The Balaban J connectivity index is 2.23. The van der Waals surface area contributed by atoms with Crippen LogP contribution < -0.4 is 0 Å². The summed E-state index contributed by atoms with van der Waals surface area (Å²) in [6.07, 6.45) is 2.27. The average molecular weight is 247 g/mol. The van der Waals surface area contributed by atoms with E-state index in [1.54, 1.807) is 0 Å². The molecule has 0 atom stereocenters. The molecule has 0 spiro atoms. The predicted molar refractivity (Wildman–Crippen MR) is 80.2 cm³/mol. The van der Waals surface area contributed by atoms with Gasteiger partial charge in [-0.2, -0.15) is 0 Å². The fourth-order valence-corrected chi connectivity index (χ4v) is 3.40. The molecule has 1 aliphatic heterocycles. The Kier molecular flexibility index (Phi) is 2.14. The number of hydrogen-bond acceptors (Lipinski definition) is 0. The van der Waals surface area contributed by atoms with Gasteiger partial charge >= 0.3 is 0 Å². The zero-order valence-corrected chi connectivity index (χ0v) is 11.4. The zero-order chi connectivity index (χ0) is 13.0. The van der Waals surface area contributed by atoms with Crippen molar-refractivity contribution in [3.8, 4) is 5.69 Å². The molecule has 1 heteroatoms. The van der Waals surface area contributed by atoms with Crippen molar-refractivity contribution in [3.63, 3.8) is 0 Å². The first-order chi connectivity index (χ1) is 9.27. The number of benzene rings is 2. The second-order valence-corrected chi connectivity index (χ2v) is 5.49. The number of aromatic nitrogens is 1. The summed E-state index contributed by atoms with van der Waals surface area (Å²) in [7, 11) is 0. The third kappa shape index (κ3) is 1.36. The Morgan fingerprint density at radius 2 is 1.58 bits per heavy atom. The van der Waals surface area contributed by atoms with Crippen LogP contribution in [0.2, 0.25) is 0 Å². The molecule has 4 rings (SSSR count). The van der Waals surface area contributed by atoms with Gasteiger partial charge in [-0.25, -0.2) is 0 Å². The minimum atomic E-state index is 1.13. The minimum Gasteiger partial charge on any atom is -0.313 e. The van der Waals surface area contributed by atoms with E-state index in [4.69, 9.17) is 0 Å². The van der Waals surface area contributed by atoms with E-state index in [1.165, 1.54) is 39.0 Å². The Morgan fingerprint density at radius 1 is 0.842 bits per heavy atom. The molecule has 0 fully saturated rings. The third-order valence-corrected chi connectivity index (χ3v) is 4.52. The van der Waals surface area contributed by atoms with Crippen molar-refractivity contribution < 1.29 is 0 Å². The summed E-state index contributed by atoms with van der Waals surface area (Å²) in [6, 6.07) is 15.6. The molecular formula is C18H17N. The first kappa shape index (κ1) is 10.9. The van der Waals surface area contributed by atoms with E-state index in [-0.39, 0.29) is 0 Å². The largest absolute Gasteiger partial charge is 0.313 e. The van der Waals surface area contributed by atoms with Crippen molar-refractivity contribution in [3.05, 3.63) is 64.8 Å². The van der Waals surface area contributed by atoms with Crippen LogP contribution in [0.4, 0.5) is 0 Å². The van der Waals surface area contributed by atoms with Crippen LogP contribution in [0.15, 0.2) is 42.5 Å². The maximum Gasteiger partial charge on any atom is 0.0566 e. The molecule has 94 valence electrons. The summed E-state index contributed by atoms with van der Waals surface area (Å²) >= 11 is 0. The summed E-state index contributed by atoms with van der Waals surface area (Å²) in [6.45, 7) is 4.48. The van der Waals surface area contributed by atoms with Crippen molar-refractivity contribution in [1.29, 1.82) is 0 Å². The number of aryl methyl sites for hydroxylation is 3. The fraction of sp³-hybridized carbons (Fsp3) is 0.222. The van der Waals surface area contributed by atoms with Gasteiger partial charge in [0.1, 0.15) is 0 Å². The van der Waals surface area contributed by atoms with Crippen LogP contribution in [0.25, 0.3) is 16.6 Å². The van der Waals surface area contributed by atoms with Crippen molar-refractivity contribution in [2.75, 3.05) is 0 Å². The highest BCUT2D eigenvalue weighted by Crippen LogP contribution is 2.35. The van der Waals surface area contributed by atoms with Crippen molar-refractivity contribution >= 4 is 10.9 Å². The highest BCUT2D eigenvalue weighted by Gasteiger charge is 2.19. The zero-order valence-electron chi connectivity index (χ0n) is 11.4. The SMILES string of the molecule is Cc1c(C)n2c3c(cccc13)CCc1ccccc1-2. The van der Waals surface area contributed by atoms with Crippen LogP contribution in [0.1, 0.15) is 22.4 Å². The second-order valence-electron chi connectivity index (χ2n) is 5.49. The summed E-state index contributed by atoms with van der Waals surface area (Å²) < 4.78 is 2.46. The van der Waals surface area contributed by atoms with E-state index in [2.05, 4.69) is 60.9 Å². The standard InChI is InChI=1S/C18H17N/c1-12-13(2)19-17-9-4-3-6-14(17)10-11-15-7-5-8-16(12)18(15)19/h3-9H,10-11H2,1-2H3. The Labute approximate surface area is 113 Å². The summed E-state index contributed by atoms with van der Waals surface area (Å²) in [5.74, 6) is 0. The maximum absolute atomic E-state index is 2.46. The van der Waals surface area contributed by atoms with E-state index in [0.717, 1.165) is 12.8 Å². The monoisotopic (exact) mass is 247 g/mol. The number of rotatable bonds is 0. The Bertz CT molecular complexity index is 793. The summed E-state index contributed by atoms with van der Waals surface area (Å²) in [5.41, 5.74) is 8.50. The lowest BCUT2D eigenvalue weighted by Crippen LogP contribution is -1.99.